The number of unbranched alkanes of at least 4 members (excludes halogenated alkanes) is 1. The van der Waals surface area contributed by atoms with E-state index in [9.17, 15) is 14.9 Å². The van der Waals surface area contributed by atoms with E-state index in [4.69, 9.17) is 0 Å². The van der Waals surface area contributed by atoms with Crippen molar-refractivity contribution in [3.8, 4) is 0 Å². The molecule has 0 saturated heterocycles. The number of benzene rings is 2. The summed E-state index contributed by atoms with van der Waals surface area (Å²) in [6.45, 7) is 2.68. The summed E-state index contributed by atoms with van der Waals surface area (Å²) in [4.78, 5) is 25.1. The highest BCUT2D eigenvalue weighted by molar-refractivity contribution is 5.95. The van der Waals surface area contributed by atoms with E-state index in [2.05, 4.69) is 6.92 Å². The maximum absolute atomic E-state index is 12.7. The number of nitrogens with zero attached hydrogens (tertiary/aromatic N) is 2. The molecule has 0 aliphatic rings. The van der Waals surface area contributed by atoms with Gasteiger partial charge in [0.25, 0.3) is 5.69 Å². The quantitative estimate of drug-likeness (QED) is 0.574. The number of carbonyl (C=O) groups excluding carboxylic acids is 1. The van der Waals surface area contributed by atoms with Gasteiger partial charge >= 0.3 is 0 Å². The third-order valence-electron chi connectivity index (χ3n) is 3.63. The van der Waals surface area contributed by atoms with Crippen LogP contribution in [0.2, 0.25) is 0 Å². The number of nitro benzene ring substituents is 1. The molecule has 0 N–H and O–H groups in total. The second-order valence-electron chi connectivity index (χ2n) is 5.30. The average molecular weight is 312 g/mol. The van der Waals surface area contributed by atoms with Gasteiger partial charge in [-0.15, -0.1) is 0 Å². The van der Waals surface area contributed by atoms with Crippen LogP contribution >= 0.6 is 0 Å². The molecule has 5 nitrogen and oxygen atoms in total. The SMILES string of the molecule is CCCCN(C(=O)Cc1ccccc1[N+](=O)[O-])c1ccccc1. The van der Waals surface area contributed by atoms with Crippen molar-refractivity contribution < 1.29 is 9.72 Å². The van der Waals surface area contributed by atoms with Crippen molar-refractivity contribution in [3.05, 3.63) is 70.3 Å². The van der Waals surface area contributed by atoms with Gasteiger partial charge in [-0.1, -0.05) is 49.7 Å². The molecule has 0 radical (unpaired) electrons. The molecule has 23 heavy (non-hydrogen) atoms. The third-order valence-corrected chi connectivity index (χ3v) is 3.63. The molecule has 0 fully saturated rings. The van der Waals surface area contributed by atoms with E-state index in [-0.39, 0.29) is 18.0 Å². The van der Waals surface area contributed by atoms with Crippen LogP contribution in [0.4, 0.5) is 11.4 Å². The van der Waals surface area contributed by atoms with E-state index < -0.39 is 4.92 Å². The zero-order chi connectivity index (χ0) is 16.7. The Hall–Kier alpha value is -2.69. The molecule has 5 heteroatoms. The monoisotopic (exact) mass is 312 g/mol. The van der Waals surface area contributed by atoms with Crippen LogP contribution in [-0.2, 0) is 11.2 Å². The Morgan fingerprint density at radius 3 is 2.39 bits per heavy atom. The van der Waals surface area contributed by atoms with E-state index in [1.165, 1.54) is 6.07 Å². The first kappa shape index (κ1) is 16.7. The summed E-state index contributed by atoms with van der Waals surface area (Å²) in [6.07, 6.45) is 1.88. The predicted molar refractivity (Wildman–Crippen MR) is 90.5 cm³/mol. The van der Waals surface area contributed by atoms with Gasteiger partial charge in [-0.3, -0.25) is 14.9 Å². The van der Waals surface area contributed by atoms with Gasteiger partial charge in [0, 0.05) is 23.9 Å². The van der Waals surface area contributed by atoms with Crippen LogP contribution in [0.25, 0.3) is 0 Å². The number of rotatable bonds is 7. The molecule has 2 aromatic rings. The lowest BCUT2D eigenvalue weighted by Gasteiger charge is -2.22. The first-order valence-electron chi connectivity index (χ1n) is 7.71. The molecular formula is C18H20N2O3. The molecule has 120 valence electrons. The smallest absolute Gasteiger partial charge is 0.273 e. The van der Waals surface area contributed by atoms with Gasteiger partial charge in [0.05, 0.1) is 11.3 Å². The zero-order valence-electron chi connectivity index (χ0n) is 13.1. The number of carbonyl (C=O) groups is 1. The predicted octanol–water partition coefficient (Wildman–Crippen LogP) is 3.97. The molecule has 0 heterocycles. The summed E-state index contributed by atoms with van der Waals surface area (Å²) in [5, 5.41) is 11.1. The average Bonchev–Trinajstić information content (AvgIpc) is 2.56. The molecular weight excluding hydrogens is 292 g/mol. The number of hydrogen-bond donors (Lipinski definition) is 0. The summed E-state index contributed by atoms with van der Waals surface area (Å²) in [5.74, 6) is -0.126. The number of hydrogen-bond acceptors (Lipinski definition) is 3. The Morgan fingerprint density at radius 1 is 1.09 bits per heavy atom. The number of amides is 1. The fourth-order valence-electron chi connectivity index (χ4n) is 2.42. The molecule has 0 bridgehead atoms. The van der Waals surface area contributed by atoms with Crippen LogP contribution in [-0.4, -0.2) is 17.4 Å². The number of para-hydroxylation sites is 2. The molecule has 0 aliphatic carbocycles. The van der Waals surface area contributed by atoms with Gasteiger partial charge in [-0.25, -0.2) is 0 Å². The lowest BCUT2D eigenvalue weighted by atomic mass is 10.1. The molecule has 0 aromatic heterocycles. The fourth-order valence-corrected chi connectivity index (χ4v) is 2.42. The maximum Gasteiger partial charge on any atom is 0.273 e. The zero-order valence-corrected chi connectivity index (χ0v) is 13.1. The highest BCUT2D eigenvalue weighted by Gasteiger charge is 2.20. The van der Waals surface area contributed by atoms with Crippen LogP contribution in [0.3, 0.4) is 0 Å². The summed E-state index contributed by atoms with van der Waals surface area (Å²) in [5.41, 5.74) is 1.26. The fraction of sp³-hybridized carbons (Fsp3) is 0.278. The second-order valence-corrected chi connectivity index (χ2v) is 5.30. The minimum atomic E-state index is -0.443. The highest BCUT2D eigenvalue weighted by Crippen LogP contribution is 2.21. The first-order valence-corrected chi connectivity index (χ1v) is 7.71. The largest absolute Gasteiger partial charge is 0.312 e. The van der Waals surface area contributed by atoms with Crippen molar-refractivity contribution in [2.24, 2.45) is 0 Å². The van der Waals surface area contributed by atoms with Crippen molar-refractivity contribution in [1.82, 2.24) is 0 Å². The third kappa shape index (κ3) is 4.39. The Morgan fingerprint density at radius 2 is 1.74 bits per heavy atom. The van der Waals surface area contributed by atoms with Gasteiger partial charge in [0.15, 0.2) is 0 Å². The van der Waals surface area contributed by atoms with Crippen molar-refractivity contribution in [2.45, 2.75) is 26.2 Å². The Balaban J connectivity index is 2.23. The summed E-state index contributed by atoms with van der Waals surface area (Å²) >= 11 is 0. The molecule has 1 amide bonds. The molecule has 0 atom stereocenters. The molecule has 0 spiro atoms. The molecule has 0 unspecified atom stereocenters. The van der Waals surface area contributed by atoms with Gasteiger partial charge in [-0.2, -0.15) is 0 Å². The summed E-state index contributed by atoms with van der Waals surface area (Å²) in [7, 11) is 0. The van der Waals surface area contributed by atoms with Crippen LogP contribution < -0.4 is 4.90 Å². The minimum Gasteiger partial charge on any atom is -0.312 e. The molecule has 2 aromatic carbocycles. The Kier molecular flexibility index (Phi) is 5.86. The van der Waals surface area contributed by atoms with E-state index >= 15 is 0 Å². The first-order chi connectivity index (χ1) is 11.1. The number of nitro groups is 1. The number of anilines is 1. The van der Waals surface area contributed by atoms with E-state index in [1.54, 1.807) is 23.1 Å². The topological polar surface area (TPSA) is 63.5 Å². The van der Waals surface area contributed by atoms with E-state index in [0.717, 1.165) is 18.5 Å². The lowest BCUT2D eigenvalue weighted by molar-refractivity contribution is -0.385. The highest BCUT2D eigenvalue weighted by atomic mass is 16.6. The van der Waals surface area contributed by atoms with Crippen LogP contribution in [0, 0.1) is 10.1 Å². The summed E-state index contributed by atoms with van der Waals surface area (Å²) < 4.78 is 0. The maximum atomic E-state index is 12.7. The minimum absolute atomic E-state index is 0.00986. The van der Waals surface area contributed by atoms with Gasteiger partial charge in [-0.05, 0) is 18.6 Å². The van der Waals surface area contributed by atoms with Crippen molar-refractivity contribution in [1.29, 1.82) is 0 Å². The summed E-state index contributed by atoms with van der Waals surface area (Å²) in [6, 6.07) is 15.8. The molecule has 2 rings (SSSR count). The normalized spacial score (nSPS) is 10.3. The van der Waals surface area contributed by atoms with Crippen LogP contribution in [0.1, 0.15) is 25.3 Å². The molecule has 0 saturated carbocycles. The van der Waals surface area contributed by atoms with Crippen LogP contribution in [0.5, 0.6) is 0 Å². The Bertz CT molecular complexity index is 671. The van der Waals surface area contributed by atoms with Crippen molar-refractivity contribution in [2.75, 3.05) is 11.4 Å². The van der Waals surface area contributed by atoms with E-state index in [0.29, 0.717) is 12.1 Å². The van der Waals surface area contributed by atoms with Gasteiger partial charge in [0.2, 0.25) is 5.91 Å². The van der Waals surface area contributed by atoms with Gasteiger partial charge in [0.1, 0.15) is 0 Å². The molecule has 0 aliphatic heterocycles. The standard InChI is InChI=1S/C18H20N2O3/c1-2-3-13-19(16-10-5-4-6-11-16)18(21)14-15-9-7-8-12-17(15)20(22)23/h4-12H,2-3,13-14H2,1H3. The van der Waals surface area contributed by atoms with Crippen molar-refractivity contribution in [3.63, 3.8) is 0 Å². The second kappa shape index (κ2) is 8.08. The van der Waals surface area contributed by atoms with Gasteiger partial charge < -0.3 is 4.90 Å². The van der Waals surface area contributed by atoms with Crippen LogP contribution in [0.15, 0.2) is 54.6 Å². The van der Waals surface area contributed by atoms with E-state index in [1.807, 2.05) is 30.3 Å². The van der Waals surface area contributed by atoms with Crippen molar-refractivity contribution >= 4 is 17.3 Å². The lowest BCUT2D eigenvalue weighted by Crippen LogP contribution is -2.33. The Labute approximate surface area is 135 Å².